The summed E-state index contributed by atoms with van der Waals surface area (Å²) in [5.41, 5.74) is 2.26. The number of carbonyl (C=O) groups is 2. The van der Waals surface area contributed by atoms with Gasteiger partial charge in [0.15, 0.2) is 5.58 Å². The van der Waals surface area contributed by atoms with Gasteiger partial charge in [-0.3, -0.25) is 9.59 Å². The van der Waals surface area contributed by atoms with E-state index in [9.17, 15) is 14.7 Å². The minimum atomic E-state index is -0.284. The number of anilines is 2. The zero-order valence-corrected chi connectivity index (χ0v) is 21.5. The first-order valence-corrected chi connectivity index (χ1v) is 12.9. The maximum Gasteiger partial charge on any atom is 0.234 e. The summed E-state index contributed by atoms with van der Waals surface area (Å²) in [6.45, 7) is 0. The zero-order valence-electron chi connectivity index (χ0n) is 19.9. The number of hydrogen-bond acceptors (Lipinski definition) is 13. The van der Waals surface area contributed by atoms with Gasteiger partial charge in [0.2, 0.25) is 28.0 Å². The average Bonchev–Trinajstić information content (AvgIpc) is 3.61. The molecule has 5 aromatic rings. The quantitative estimate of drug-likeness (QED) is 0.224. The minimum Gasteiger partial charge on any atom is -0.507 e. The third-order valence-corrected chi connectivity index (χ3v) is 7.03. The Labute approximate surface area is 222 Å². The molecular weight excluding hydrogens is 534 g/mol. The van der Waals surface area contributed by atoms with E-state index < -0.39 is 0 Å². The van der Waals surface area contributed by atoms with Gasteiger partial charge in [0.1, 0.15) is 11.3 Å². The van der Waals surface area contributed by atoms with E-state index in [0.29, 0.717) is 38.4 Å². The first-order chi connectivity index (χ1) is 18.4. The molecule has 0 fully saturated rings. The van der Waals surface area contributed by atoms with Crippen LogP contribution in [0.25, 0.3) is 22.6 Å². The summed E-state index contributed by atoms with van der Waals surface area (Å²) in [4.78, 5) is 29.0. The van der Waals surface area contributed by atoms with Gasteiger partial charge < -0.3 is 20.2 Å². The first-order valence-electron chi connectivity index (χ1n) is 10.9. The second-order valence-electron chi connectivity index (χ2n) is 7.78. The predicted molar refractivity (Wildman–Crippen MR) is 137 cm³/mol. The fourth-order valence-corrected chi connectivity index (χ4v) is 4.55. The number of tetrazole rings is 2. The SMILES string of the molecule is Cn1nnnc1SCC(=O)Nc1ccc(-c2nc3cc(NC(=O)CSc4nnnn4C)ccc3o2)c(O)c1. The average molecular weight is 554 g/mol. The van der Waals surface area contributed by atoms with Gasteiger partial charge in [0.05, 0.1) is 17.1 Å². The number of nitrogens with one attached hydrogen (secondary N) is 2. The van der Waals surface area contributed by atoms with Crippen LogP contribution in [0.4, 0.5) is 11.4 Å². The van der Waals surface area contributed by atoms with Gasteiger partial charge >= 0.3 is 0 Å². The predicted octanol–water partition coefficient (Wildman–Crippen LogP) is 1.71. The lowest BCUT2D eigenvalue weighted by Gasteiger charge is -2.07. The number of nitrogens with zero attached hydrogens (tertiary/aromatic N) is 9. The van der Waals surface area contributed by atoms with Crippen molar-refractivity contribution in [1.29, 1.82) is 0 Å². The minimum absolute atomic E-state index is 0.0941. The number of aryl methyl sites for hydroxylation is 2. The van der Waals surface area contributed by atoms with Crippen molar-refractivity contribution in [3.05, 3.63) is 36.4 Å². The highest BCUT2D eigenvalue weighted by Gasteiger charge is 2.15. The second-order valence-corrected chi connectivity index (χ2v) is 9.66. The van der Waals surface area contributed by atoms with E-state index in [2.05, 4.69) is 46.7 Å². The molecule has 0 saturated heterocycles. The van der Waals surface area contributed by atoms with Gasteiger partial charge in [-0.25, -0.2) is 14.3 Å². The molecule has 0 aliphatic heterocycles. The monoisotopic (exact) mass is 553 g/mol. The van der Waals surface area contributed by atoms with Crippen molar-refractivity contribution in [2.75, 3.05) is 22.1 Å². The number of oxazole rings is 1. The number of aromatic nitrogens is 9. The Morgan fingerprint density at radius 1 is 0.895 bits per heavy atom. The zero-order chi connectivity index (χ0) is 26.6. The summed E-state index contributed by atoms with van der Waals surface area (Å²) in [6, 6.07) is 9.68. The molecule has 0 unspecified atom stereocenters. The number of phenolic OH excluding ortho intramolecular Hbond substituents is 1. The van der Waals surface area contributed by atoms with Crippen LogP contribution >= 0.6 is 23.5 Å². The molecule has 38 heavy (non-hydrogen) atoms. The van der Waals surface area contributed by atoms with Crippen molar-refractivity contribution in [3.63, 3.8) is 0 Å². The number of thioether (sulfide) groups is 2. The number of benzene rings is 2. The molecule has 0 aliphatic rings. The lowest BCUT2D eigenvalue weighted by atomic mass is 10.2. The standard InChI is InChI=1S/C21H19N11O4S2/c1-31-20(25-27-29-31)37-9-17(34)22-11-4-6-16-14(7-11)24-19(36-16)13-5-3-12(8-15(13)33)23-18(35)10-38-21-26-28-30-32(21)2/h3-8,33H,9-10H2,1-2H3,(H,22,34)(H,23,35). The van der Waals surface area contributed by atoms with Crippen LogP contribution < -0.4 is 10.6 Å². The van der Waals surface area contributed by atoms with Gasteiger partial charge in [-0.15, -0.1) is 10.2 Å². The van der Waals surface area contributed by atoms with E-state index in [-0.39, 0.29) is 35.0 Å². The molecule has 2 amide bonds. The molecule has 0 atom stereocenters. The molecular formula is C21H19N11O4S2. The van der Waals surface area contributed by atoms with Crippen molar-refractivity contribution in [2.45, 2.75) is 10.3 Å². The Morgan fingerprint density at radius 3 is 2.03 bits per heavy atom. The fraction of sp³-hybridized carbons (Fsp3) is 0.190. The summed E-state index contributed by atoms with van der Waals surface area (Å²) in [7, 11) is 3.37. The number of fused-ring (bicyclic) bond motifs is 1. The Hall–Kier alpha value is -4.51. The molecule has 5 rings (SSSR count). The van der Waals surface area contributed by atoms with Crippen molar-refractivity contribution in [3.8, 4) is 17.2 Å². The lowest BCUT2D eigenvalue weighted by molar-refractivity contribution is -0.114. The van der Waals surface area contributed by atoms with Crippen LogP contribution in [-0.2, 0) is 23.7 Å². The van der Waals surface area contributed by atoms with Crippen LogP contribution in [0.15, 0.2) is 51.1 Å². The molecule has 0 aliphatic carbocycles. The fourth-order valence-electron chi connectivity index (χ4n) is 3.25. The van der Waals surface area contributed by atoms with E-state index in [1.54, 1.807) is 44.4 Å². The van der Waals surface area contributed by atoms with Gasteiger partial charge in [0.25, 0.3) is 0 Å². The van der Waals surface area contributed by atoms with Gasteiger partial charge in [0, 0.05) is 31.5 Å². The Balaban J connectivity index is 1.22. The normalized spacial score (nSPS) is 11.1. The van der Waals surface area contributed by atoms with Crippen LogP contribution in [0.1, 0.15) is 0 Å². The van der Waals surface area contributed by atoms with Crippen molar-refractivity contribution in [2.24, 2.45) is 14.1 Å². The smallest absolute Gasteiger partial charge is 0.234 e. The third kappa shape index (κ3) is 5.73. The highest BCUT2D eigenvalue weighted by molar-refractivity contribution is 8.00. The molecule has 3 aromatic heterocycles. The molecule has 2 aromatic carbocycles. The van der Waals surface area contributed by atoms with E-state index in [4.69, 9.17) is 4.42 Å². The molecule has 0 radical (unpaired) electrons. The number of carbonyl (C=O) groups excluding carboxylic acids is 2. The number of rotatable bonds is 9. The number of hydrogen-bond donors (Lipinski definition) is 3. The number of amides is 2. The van der Waals surface area contributed by atoms with E-state index >= 15 is 0 Å². The Kier molecular flexibility index (Phi) is 7.18. The Bertz CT molecular complexity index is 1630. The maximum absolute atomic E-state index is 12.3. The molecule has 0 spiro atoms. The summed E-state index contributed by atoms with van der Waals surface area (Å²) in [5.74, 6) is -0.228. The molecule has 17 heteroatoms. The first kappa shape index (κ1) is 25.2. The highest BCUT2D eigenvalue weighted by Crippen LogP contribution is 2.34. The van der Waals surface area contributed by atoms with E-state index in [0.717, 1.165) is 0 Å². The van der Waals surface area contributed by atoms with Crippen molar-refractivity contribution >= 4 is 57.8 Å². The van der Waals surface area contributed by atoms with Crippen LogP contribution in [0.5, 0.6) is 5.75 Å². The van der Waals surface area contributed by atoms with Crippen LogP contribution in [0.2, 0.25) is 0 Å². The largest absolute Gasteiger partial charge is 0.507 e. The molecule has 0 bridgehead atoms. The molecule has 3 heterocycles. The second kappa shape index (κ2) is 10.9. The Morgan fingerprint density at radius 2 is 1.47 bits per heavy atom. The summed E-state index contributed by atoms with van der Waals surface area (Å²) in [6.07, 6.45) is 0. The number of phenols is 1. The van der Waals surface area contributed by atoms with Gasteiger partial charge in [-0.2, -0.15) is 0 Å². The van der Waals surface area contributed by atoms with Crippen molar-refractivity contribution in [1.82, 2.24) is 45.4 Å². The van der Waals surface area contributed by atoms with Crippen molar-refractivity contribution < 1.29 is 19.1 Å². The summed E-state index contributed by atoms with van der Waals surface area (Å²) in [5, 5.41) is 39.3. The third-order valence-electron chi connectivity index (χ3n) is 5.01. The van der Waals surface area contributed by atoms with Gasteiger partial charge in [-0.05, 0) is 51.2 Å². The highest BCUT2D eigenvalue weighted by atomic mass is 32.2. The molecule has 194 valence electrons. The summed E-state index contributed by atoms with van der Waals surface area (Å²) >= 11 is 2.40. The van der Waals surface area contributed by atoms with Crippen LogP contribution in [0.3, 0.4) is 0 Å². The lowest BCUT2D eigenvalue weighted by Crippen LogP contribution is -2.14. The summed E-state index contributed by atoms with van der Waals surface area (Å²) < 4.78 is 8.74. The maximum atomic E-state index is 12.3. The molecule has 3 N–H and O–H groups in total. The van der Waals surface area contributed by atoms with Gasteiger partial charge in [-0.1, -0.05) is 23.5 Å². The van der Waals surface area contributed by atoms with Crippen LogP contribution in [0, 0.1) is 0 Å². The van der Waals surface area contributed by atoms with Crippen LogP contribution in [-0.4, -0.2) is 73.8 Å². The van der Waals surface area contributed by atoms with E-state index in [1.165, 1.54) is 39.0 Å². The van der Waals surface area contributed by atoms with E-state index in [1.807, 2.05) is 0 Å². The number of aromatic hydroxyl groups is 1. The molecule has 0 saturated carbocycles. The molecule has 15 nitrogen and oxygen atoms in total. The topological polar surface area (TPSA) is 192 Å².